The van der Waals surface area contributed by atoms with Gasteiger partial charge in [0, 0.05) is 13.0 Å². The quantitative estimate of drug-likeness (QED) is 0.798. The summed E-state index contributed by atoms with van der Waals surface area (Å²) in [5.41, 5.74) is 5.83. The smallest absolute Gasteiger partial charge is 0.136 e. The average Bonchev–Trinajstić information content (AvgIpc) is 2.60. The van der Waals surface area contributed by atoms with Crippen LogP contribution in [0.4, 0.5) is 0 Å². The summed E-state index contributed by atoms with van der Waals surface area (Å²) in [6.07, 6.45) is 5.07. The molecule has 15 heavy (non-hydrogen) atoms. The fourth-order valence-electron chi connectivity index (χ4n) is 2.58. The van der Waals surface area contributed by atoms with Gasteiger partial charge >= 0.3 is 0 Å². The number of nitrogens with zero attached hydrogens (tertiary/aromatic N) is 3. The summed E-state index contributed by atoms with van der Waals surface area (Å²) < 4.78 is 2.11. The minimum Gasteiger partial charge on any atom is -0.330 e. The number of hydrogen-bond acceptors (Lipinski definition) is 3. The fourth-order valence-corrected chi connectivity index (χ4v) is 2.58. The van der Waals surface area contributed by atoms with Gasteiger partial charge in [-0.1, -0.05) is 12.8 Å². The van der Waals surface area contributed by atoms with E-state index in [1.807, 2.05) is 14.0 Å². The molecule has 2 unspecified atom stereocenters. The normalized spacial score (nSPS) is 26.9. The Morgan fingerprint density at radius 1 is 1.33 bits per heavy atom. The Morgan fingerprint density at radius 2 is 2.07 bits per heavy atom. The standard InChI is InChI=1S/C11H20N4/c1-8-13-14-11(15(8)2)10-6-4-3-5-9(10)7-12/h9-10H,3-7,12H2,1-2H3. The third-order valence-corrected chi connectivity index (χ3v) is 3.67. The highest BCUT2D eigenvalue weighted by molar-refractivity contribution is 5.04. The lowest BCUT2D eigenvalue weighted by Crippen LogP contribution is -2.27. The average molecular weight is 208 g/mol. The maximum Gasteiger partial charge on any atom is 0.136 e. The first-order valence-electron chi connectivity index (χ1n) is 5.80. The van der Waals surface area contributed by atoms with E-state index in [4.69, 9.17) is 5.73 Å². The van der Waals surface area contributed by atoms with Gasteiger partial charge in [-0.2, -0.15) is 0 Å². The molecule has 0 bridgehead atoms. The second-order valence-corrected chi connectivity index (χ2v) is 4.55. The highest BCUT2D eigenvalue weighted by atomic mass is 15.3. The number of aryl methyl sites for hydroxylation is 1. The monoisotopic (exact) mass is 208 g/mol. The molecule has 1 heterocycles. The zero-order valence-corrected chi connectivity index (χ0v) is 9.61. The molecule has 1 saturated carbocycles. The predicted octanol–water partition coefficient (Wildman–Crippen LogP) is 1.36. The summed E-state index contributed by atoms with van der Waals surface area (Å²) in [5.74, 6) is 3.24. The summed E-state index contributed by atoms with van der Waals surface area (Å²) in [6, 6.07) is 0. The van der Waals surface area contributed by atoms with E-state index in [2.05, 4.69) is 14.8 Å². The molecular weight excluding hydrogens is 188 g/mol. The zero-order chi connectivity index (χ0) is 10.8. The van der Waals surface area contributed by atoms with Crippen molar-refractivity contribution < 1.29 is 0 Å². The molecule has 84 valence electrons. The molecule has 2 rings (SSSR count). The van der Waals surface area contributed by atoms with Gasteiger partial charge in [0.15, 0.2) is 0 Å². The van der Waals surface area contributed by atoms with Gasteiger partial charge in [-0.3, -0.25) is 0 Å². The Kier molecular flexibility index (Phi) is 3.05. The van der Waals surface area contributed by atoms with Crippen molar-refractivity contribution in [1.82, 2.24) is 14.8 Å². The highest BCUT2D eigenvalue weighted by Gasteiger charge is 2.29. The van der Waals surface area contributed by atoms with E-state index in [1.165, 1.54) is 25.7 Å². The van der Waals surface area contributed by atoms with Crippen LogP contribution in [0.2, 0.25) is 0 Å². The SMILES string of the molecule is Cc1nnc(C2CCCCC2CN)n1C. The van der Waals surface area contributed by atoms with Crippen molar-refractivity contribution in [3.63, 3.8) is 0 Å². The van der Waals surface area contributed by atoms with Crippen molar-refractivity contribution in [2.24, 2.45) is 18.7 Å². The van der Waals surface area contributed by atoms with E-state index in [0.717, 1.165) is 18.2 Å². The molecule has 0 aliphatic heterocycles. The largest absolute Gasteiger partial charge is 0.330 e. The van der Waals surface area contributed by atoms with Crippen LogP contribution in [0.15, 0.2) is 0 Å². The molecule has 0 spiro atoms. The van der Waals surface area contributed by atoms with E-state index in [9.17, 15) is 0 Å². The van der Waals surface area contributed by atoms with Gasteiger partial charge < -0.3 is 10.3 Å². The van der Waals surface area contributed by atoms with Crippen LogP contribution in [0.5, 0.6) is 0 Å². The van der Waals surface area contributed by atoms with Gasteiger partial charge in [0.25, 0.3) is 0 Å². The zero-order valence-electron chi connectivity index (χ0n) is 9.61. The van der Waals surface area contributed by atoms with Crippen LogP contribution in [0.1, 0.15) is 43.3 Å². The van der Waals surface area contributed by atoms with Crippen LogP contribution in [0.25, 0.3) is 0 Å². The molecule has 0 amide bonds. The topological polar surface area (TPSA) is 56.7 Å². The predicted molar refractivity (Wildman–Crippen MR) is 59.5 cm³/mol. The summed E-state index contributed by atoms with van der Waals surface area (Å²) in [6.45, 7) is 2.77. The lowest BCUT2D eigenvalue weighted by atomic mass is 9.79. The minimum absolute atomic E-state index is 0.523. The summed E-state index contributed by atoms with van der Waals surface area (Å²) in [7, 11) is 2.05. The molecule has 2 atom stereocenters. The Balaban J connectivity index is 2.24. The van der Waals surface area contributed by atoms with Crippen LogP contribution >= 0.6 is 0 Å². The molecule has 0 aromatic carbocycles. The number of nitrogens with two attached hydrogens (primary N) is 1. The van der Waals surface area contributed by atoms with Gasteiger partial charge in [0.05, 0.1) is 0 Å². The van der Waals surface area contributed by atoms with Crippen LogP contribution in [-0.2, 0) is 7.05 Å². The van der Waals surface area contributed by atoms with E-state index >= 15 is 0 Å². The Hall–Kier alpha value is -0.900. The van der Waals surface area contributed by atoms with Gasteiger partial charge in [-0.05, 0) is 32.2 Å². The number of hydrogen-bond donors (Lipinski definition) is 1. The lowest BCUT2D eigenvalue weighted by Gasteiger charge is -2.29. The lowest BCUT2D eigenvalue weighted by molar-refractivity contribution is 0.299. The maximum absolute atomic E-state index is 5.83. The Labute approximate surface area is 90.9 Å². The van der Waals surface area contributed by atoms with Gasteiger partial charge in [-0.15, -0.1) is 10.2 Å². The van der Waals surface area contributed by atoms with Gasteiger partial charge in [-0.25, -0.2) is 0 Å². The molecule has 4 nitrogen and oxygen atoms in total. The van der Waals surface area contributed by atoms with Crippen LogP contribution in [0.3, 0.4) is 0 Å². The fraction of sp³-hybridized carbons (Fsp3) is 0.818. The number of aromatic nitrogens is 3. The van der Waals surface area contributed by atoms with Gasteiger partial charge in [0.1, 0.15) is 11.6 Å². The van der Waals surface area contributed by atoms with Crippen molar-refractivity contribution >= 4 is 0 Å². The van der Waals surface area contributed by atoms with E-state index in [-0.39, 0.29) is 0 Å². The minimum atomic E-state index is 0.523. The van der Waals surface area contributed by atoms with Crippen molar-refractivity contribution in [1.29, 1.82) is 0 Å². The molecule has 1 aromatic heterocycles. The van der Waals surface area contributed by atoms with Crippen molar-refractivity contribution in [2.75, 3.05) is 6.54 Å². The summed E-state index contributed by atoms with van der Waals surface area (Å²) >= 11 is 0. The van der Waals surface area contributed by atoms with Crippen LogP contribution < -0.4 is 5.73 Å². The third kappa shape index (κ3) is 1.91. The van der Waals surface area contributed by atoms with Crippen LogP contribution in [-0.4, -0.2) is 21.3 Å². The van der Waals surface area contributed by atoms with E-state index < -0.39 is 0 Å². The number of rotatable bonds is 2. The third-order valence-electron chi connectivity index (χ3n) is 3.67. The van der Waals surface area contributed by atoms with Crippen molar-refractivity contribution in [3.05, 3.63) is 11.6 Å². The first-order chi connectivity index (χ1) is 7.24. The molecule has 0 saturated heterocycles. The van der Waals surface area contributed by atoms with Crippen molar-refractivity contribution in [2.45, 2.75) is 38.5 Å². The van der Waals surface area contributed by atoms with E-state index in [1.54, 1.807) is 0 Å². The molecular formula is C11H20N4. The first-order valence-corrected chi connectivity index (χ1v) is 5.80. The molecule has 1 aliphatic carbocycles. The van der Waals surface area contributed by atoms with E-state index in [0.29, 0.717) is 11.8 Å². The molecule has 1 fully saturated rings. The Morgan fingerprint density at radius 3 is 2.67 bits per heavy atom. The molecule has 0 radical (unpaired) electrons. The van der Waals surface area contributed by atoms with Crippen molar-refractivity contribution in [3.8, 4) is 0 Å². The molecule has 1 aliphatic rings. The second-order valence-electron chi connectivity index (χ2n) is 4.55. The van der Waals surface area contributed by atoms with Gasteiger partial charge in [0.2, 0.25) is 0 Å². The summed E-state index contributed by atoms with van der Waals surface area (Å²) in [4.78, 5) is 0. The van der Waals surface area contributed by atoms with Crippen LogP contribution in [0, 0.1) is 12.8 Å². The first kappa shape index (κ1) is 10.6. The molecule has 2 N–H and O–H groups in total. The molecule has 1 aromatic rings. The maximum atomic E-state index is 5.83. The molecule has 4 heteroatoms. The second kappa shape index (κ2) is 4.31. The Bertz CT molecular complexity index is 331. The highest BCUT2D eigenvalue weighted by Crippen LogP contribution is 2.36. The summed E-state index contributed by atoms with van der Waals surface area (Å²) in [5, 5.41) is 8.43.